The van der Waals surface area contributed by atoms with Crippen LogP contribution in [-0.2, 0) is 8.85 Å². The van der Waals surface area contributed by atoms with Crippen molar-refractivity contribution >= 4 is 16.6 Å². The molecule has 0 fully saturated rings. The van der Waals surface area contributed by atoms with Crippen molar-refractivity contribution in [3.63, 3.8) is 0 Å². The maximum Gasteiger partial charge on any atom is 0.250 e. The highest BCUT2D eigenvalue weighted by Gasteiger charge is 2.43. The van der Waals surface area contributed by atoms with E-state index < -0.39 is 16.6 Å². The number of hydrogen-bond acceptors (Lipinski definition) is 2. The SMILES string of the molecule is CC(C)(C)[Si](C)(C)OC1=CC(CCC2C=C(O[Si](C)(C)C(C)(C)C)C3=C2CCCC3)C2=C1CCCC2. The minimum absolute atomic E-state index is 0.236. The average Bonchev–Trinajstić information content (AvgIpc) is 3.28. The predicted octanol–water partition coefficient (Wildman–Crippen LogP) is 10.6. The van der Waals surface area contributed by atoms with Crippen LogP contribution in [0.3, 0.4) is 0 Å². The zero-order valence-electron chi connectivity index (χ0n) is 25.2. The molecule has 0 heterocycles. The Labute approximate surface area is 225 Å². The van der Waals surface area contributed by atoms with E-state index in [1.807, 2.05) is 0 Å². The fraction of sp³-hybridized carbons (Fsp3) is 0.750. The molecule has 0 aliphatic heterocycles. The lowest BCUT2D eigenvalue weighted by atomic mass is 9.82. The molecule has 0 aromatic carbocycles. The molecular formula is C32H54O2Si2. The van der Waals surface area contributed by atoms with Crippen molar-refractivity contribution in [3.8, 4) is 0 Å². The van der Waals surface area contributed by atoms with Crippen LogP contribution in [-0.4, -0.2) is 16.6 Å². The van der Waals surface area contributed by atoms with E-state index in [-0.39, 0.29) is 10.1 Å². The number of allylic oxidation sites excluding steroid dienone is 6. The maximum atomic E-state index is 6.93. The molecule has 0 saturated heterocycles. The molecule has 0 N–H and O–H groups in total. The van der Waals surface area contributed by atoms with Crippen molar-refractivity contribution in [2.75, 3.05) is 0 Å². The summed E-state index contributed by atoms with van der Waals surface area (Å²) < 4.78 is 13.9. The molecule has 0 aromatic rings. The fourth-order valence-electron chi connectivity index (χ4n) is 5.93. The first kappa shape index (κ1) is 28.0. The molecule has 0 aromatic heterocycles. The van der Waals surface area contributed by atoms with Gasteiger partial charge in [-0.05, 0) is 124 Å². The second-order valence-electron chi connectivity index (χ2n) is 15.0. The van der Waals surface area contributed by atoms with Gasteiger partial charge in [0.25, 0.3) is 0 Å². The Kier molecular flexibility index (Phi) is 7.74. The molecule has 0 spiro atoms. The van der Waals surface area contributed by atoms with Gasteiger partial charge in [-0.3, -0.25) is 0 Å². The Morgan fingerprint density at radius 1 is 0.611 bits per heavy atom. The Morgan fingerprint density at radius 2 is 0.944 bits per heavy atom. The lowest BCUT2D eigenvalue weighted by Crippen LogP contribution is -2.40. The highest BCUT2D eigenvalue weighted by Crippen LogP contribution is 2.50. The molecule has 36 heavy (non-hydrogen) atoms. The summed E-state index contributed by atoms with van der Waals surface area (Å²) in [7, 11) is -3.65. The normalized spacial score (nSPS) is 25.5. The van der Waals surface area contributed by atoms with Crippen molar-refractivity contribution in [3.05, 3.63) is 46.0 Å². The number of hydrogen-bond donors (Lipinski definition) is 0. The molecular weight excluding hydrogens is 473 g/mol. The standard InChI is InChI=1S/C32H54O2Si2/c1-31(2,3)35(7,8)33-29-21-23(25-15-11-13-17-27(25)29)19-20-24-22-30(28-18-14-12-16-26(24)28)34-36(9,10)32(4,5)6/h21-24H,11-20H2,1-10H3. The van der Waals surface area contributed by atoms with Crippen LogP contribution < -0.4 is 0 Å². The molecule has 2 atom stereocenters. The van der Waals surface area contributed by atoms with Crippen LogP contribution >= 0.6 is 0 Å². The molecule has 2 unspecified atom stereocenters. The summed E-state index contributed by atoms with van der Waals surface area (Å²) in [4.78, 5) is 0. The molecule has 0 amide bonds. The van der Waals surface area contributed by atoms with Crippen LogP contribution in [0.1, 0.15) is 106 Å². The molecule has 4 aliphatic rings. The fourth-order valence-corrected chi connectivity index (χ4v) is 8.02. The molecule has 2 nitrogen and oxygen atoms in total. The molecule has 0 bridgehead atoms. The van der Waals surface area contributed by atoms with Gasteiger partial charge in [0.2, 0.25) is 16.6 Å². The number of rotatable bonds is 7. The van der Waals surface area contributed by atoms with Crippen molar-refractivity contribution in [2.45, 2.75) is 142 Å². The summed E-state index contributed by atoms with van der Waals surface area (Å²) in [6.07, 6.45) is 17.9. The van der Waals surface area contributed by atoms with Crippen molar-refractivity contribution in [1.82, 2.24) is 0 Å². The third kappa shape index (κ3) is 5.55. The van der Waals surface area contributed by atoms with E-state index in [1.54, 1.807) is 22.3 Å². The summed E-state index contributed by atoms with van der Waals surface area (Å²) in [5.41, 5.74) is 6.59. The quantitative estimate of drug-likeness (QED) is 0.307. The van der Waals surface area contributed by atoms with Gasteiger partial charge >= 0.3 is 0 Å². The van der Waals surface area contributed by atoms with E-state index in [0.717, 1.165) is 0 Å². The Morgan fingerprint density at radius 3 is 1.28 bits per heavy atom. The van der Waals surface area contributed by atoms with Gasteiger partial charge < -0.3 is 8.85 Å². The summed E-state index contributed by atoms with van der Waals surface area (Å²) in [5.74, 6) is 3.68. The molecule has 4 rings (SSSR count). The minimum Gasteiger partial charge on any atom is -0.544 e. The lowest BCUT2D eigenvalue weighted by Gasteiger charge is -2.37. The van der Waals surface area contributed by atoms with Crippen LogP contribution in [0.4, 0.5) is 0 Å². The molecule has 4 aliphatic carbocycles. The first-order valence-electron chi connectivity index (χ1n) is 14.9. The van der Waals surface area contributed by atoms with E-state index in [0.29, 0.717) is 11.8 Å². The Balaban J connectivity index is 1.52. The third-order valence-corrected chi connectivity index (χ3v) is 19.0. The zero-order chi connectivity index (χ0) is 26.5. The minimum atomic E-state index is -1.83. The van der Waals surface area contributed by atoms with Crippen LogP contribution in [0, 0.1) is 11.8 Å². The molecule has 4 heteroatoms. The summed E-state index contributed by atoms with van der Waals surface area (Å²) >= 11 is 0. The third-order valence-electron chi connectivity index (χ3n) is 10.3. The van der Waals surface area contributed by atoms with Gasteiger partial charge in [-0.2, -0.15) is 0 Å². The Hall–Kier alpha value is -1.01. The van der Waals surface area contributed by atoms with Gasteiger partial charge in [0, 0.05) is 11.8 Å². The van der Waals surface area contributed by atoms with E-state index in [2.05, 4.69) is 79.9 Å². The largest absolute Gasteiger partial charge is 0.544 e. The highest BCUT2D eigenvalue weighted by atomic mass is 28.4. The second-order valence-corrected chi connectivity index (χ2v) is 24.4. The predicted molar refractivity (Wildman–Crippen MR) is 160 cm³/mol. The van der Waals surface area contributed by atoms with Crippen LogP contribution in [0.5, 0.6) is 0 Å². The molecule has 0 radical (unpaired) electrons. The topological polar surface area (TPSA) is 18.5 Å². The van der Waals surface area contributed by atoms with Crippen LogP contribution in [0.2, 0.25) is 36.3 Å². The van der Waals surface area contributed by atoms with Crippen molar-refractivity contribution < 1.29 is 8.85 Å². The summed E-state index contributed by atoms with van der Waals surface area (Å²) in [6, 6.07) is 0. The zero-order valence-corrected chi connectivity index (χ0v) is 27.2. The van der Waals surface area contributed by atoms with Crippen molar-refractivity contribution in [1.29, 1.82) is 0 Å². The molecule has 202 valence electrons. The van der Waals surface area contributed by atoms with Gasteiger partial charge in [-0.1, -0.05) is 52.7 Å². The smallest absolute Gasteiger partial charge is 0.250 e. The van der Waals surface area contributed by atoms with Gasteiger partial charge in [-0.15, -0.1) is 0 Å². The highest BCUT2D eigenvalue weighted by molar-refractivity contribution is 6.74. The maximum absolute atomic E-state index is 6.93. The van der Waals surface area contributed by atoms with Gasteiger partial charge in [0.15, 0.2) is 0 Å². The second kappa shape index (κ2) is 9.95. The van der Waals surface area contributed by atoms with Crippen LogP contribution in [0.15, 0.2) is 46.0 Å². The van der Waals surface area contributed by atoms with E-state index in [9.17, 15) is 0 Å². The van der Waals surface area contributed by atoms with E-state index in [1.165, 1.54) is 75.7 Å². The monoisotopic (exact) mass is 526 g/mol. The van der Waals surface area contributed by atoms with Crippen molar-refractivity contribution in [2.24, 2.45) is 11.8 Å². The first-order valence-corrected chi connectivity index (χ1v) is 20.7. The van der Waals surface area contributed by atoms with Gasteiger partial charge in [0.1, 0.15) is 11.5 Å². The van der Waals surface area contributed by atoms with Gasteiger partial charge in [0.05, 0.1) is 0 Å². The first-order chi connectivity index (χ1) is 16.6. The van der Waals surface area contributed by atoms with Crippen LogP contribution in [0.25, 0.3) is 0 Å². The average molecular weight is 527 g/mol. The summed E-state index contributed by atoms with van der Waals surface area (Å²) in [5, 5.41) is 0.473. The Bertz CT molecular complexity index is 899. The van der Waals surface area contributed by atoms with E-state index in [4.69, 9.17) is 8.85 Å². The lowest BCUT2D eigenvalue weighted by molar-refractivity contribution is 0.387. The van der Waals surface area contributed by atoms with E-state index >= 15 is 0 Å². The van der Waals surface area contributed by atoms with Gasteiger partial charge in [-0.25, -0.2) is 0 Å². The molecule has 0 saturated carbocycles. The summed E-state index contributed by atoms with van der Waals surface area (Å²) in [6.45, 7) is 23.7.